The fraction of sp³-hybridized carbons (Fsp3) is 0.273. The molecule has 7 heteroatoms. The molecule has 3 amide bonds. The van der Waals surface area contributed by atoms with E-state index in [1.54, 1.807) is 0 Å². The number of imide groups is 1. The number of nitrogens with one attached hydrogen (secondary N) is 2. The summed E-state index contributed by atoms with van der Waals surface area (Å²) in [7, 11) is 0. The number of rotatable bonds is 2. The summed E-state index contributed by atoms with van der Waals surface area (Å²) in [6.07, 6.45) is 1.55. The number of piperidine rings is 1. The molecule has 0 spiro atoms. The third-order valence-corrected chi connectivity index (χ3v) is 2.50. The van der Waals surface area contributed by atoms with Gasteiger partial charge in [-0.1, -0.05) is 0 Å². The van der Waals surface area contributed by atoms with Crippen molar-refractivity contribution in [1.29, 1.82) is 0 Å². The molecule has 1 aliphatic rings. The minimum absolute atomic E-state index is 0.111. The first kappa shape index (κ1) is 12.2. The molecule has 0 aromatic carbocycles. The van der Waals surface area contributed by atoms with E-state index in [0.717, 1.165) is 18.3 Å². The van der Waals surface area contributed by atoms with Crippen LogP contribution in [0.25, 0.3) is 0 Å². The Morgan fingerprint density at radius 2 is 2.28 bits per heavy atom. The third kappa shape index (κ3) is 2.68. The number of amides is 3. The van der Waals surface area contributed by atoms with E-state index in [2.05, 4.69) is 15.6 Å². The molecule has 1 aromatic rings. The van der Waals surface area contributed by atoms with E-state index in [4.69, 9.17) is 0 Å². The molecule has 1 saturated heterocycles. The molecule has 1 aromatic heterocycles. The van der Waals surface area contributed by atoms with Crippen LogP contribution in [0.5, 0.6) is 0 Å². The summed E-state index contributed by atoms with van der Waals surface area (Å²) >= 11 is 0. The van der Waals surface area contributed by atoms with Crippen LogP contribution in [0.4, 0.5) is 4.39 Å². The highest BCUT2D eigenvalue weighted by Crippen LogP contribution is 2.06. The Hall–Kier alpha value is -2.31. The number of hydrogen-bond donors (Lipinski definition) is 2. The van der Waals surface area contributed by atoms with Crippen molar-refractivity contribution in [1.82, 2.24) is 15.6 Å². The number of hydrogen-bond acceptors (Lipinski definition) is 4. The minimum atomic E-state index is -0.791. The van der Waals surface area contributed by atoms with Crippen molar-refractivity contribution in [2.24, 2.45) is 0 Å². The highest BCUT2D eigenvalue weighted by Gasteiger charge is 2.28. The lowest BCUT2D eigenvalue weighted by atomic mass is 10.1. The summed E-state index contributed by atoms with van der Waals surface area (Å²) in [5.74, 6) is -2.16. The Morgan fingerprint density at radius 3 is 2.94 bits per heavy atom. The molecule has 1 fully saturated rings. The first-order valence-corrected chi connectivity index (χ1v) is 5.32. The topological polar surface area (TPSA) is 88.2 Å². The second-order valence-electron chi connectivity index (χ2n) is 3.84. The van der Waals surface area contributed by atoms with Crippen LogP contribution in [0.2, 0.25) is 0 Å². The van der Waals surface area contributed by atoms with Crippen LogP contribution < -0.4 is 10.6 Å². The molecule has 94 valence electrons. The molecule has 1 aliphatic heterocycles. The lowest BCUT2D eigenvalue weighted by Gasteiger charge is -2.21. The third-order valence-electron chi connectivity index (χ3n) is 2.50. The van der Waals surface area contributed by atoms with E-state index in [-0.39, 0.29) is 24.4 Å². The van der Waals surface area contributed by atoms with Gasteiger partial charge >= 0.3 is 0 Å². The minimum Gasteiger partial charge on any atom is -0.339 e. The van der Waals surface area contributed by atoms with Gasteiger partial charge in [-0.2, -0.15) is 0 Å². The van der Waals surface area contributed by atoms with Crippen molar-refractivity contribution >= 4 is 17.7 Å². The van der Waals surface area contributed by atoms with Crippen LogP contribution in [-0.4, -0.2) is 28.7 Å². The van der Waals surface area contributed by atoms with Gasteiger partial charge in [-0.15, -0.1) is 0 Å². The van der Waals surface area contributed by atoms with E-state index >= 15 is 0 Å². The largest absolute Gasteiger partial charge is 0.339 e. The lowest BCUT2D eigenvalue weighted by Crippen LogP contribution is -2.52. The first-order chi connectivity index (χ1) is 8.56. The van der Waals surface area contributed by atoms with Gasteiger partial charge < -0.3 is 5.32 Å². The van der Waals surface area contributed by atoms with Gasteiger partial charge in [-0.05, 0) is 12.5 Å². The van der Waals surface area contributed by atoms with Crippen molar-refractivity contribution < 1.29 is 18.8 Å². The van der Waals surface area contributed by atoms with E-state index in [9.17, 15) is 18.8 Å². The smallest absolute Gasteiger partial charge is 0.270 e. The zero-order valence-corrected chi connectivity index (χ0v) is 9.27. The van der Waals surface area contributed by atoms with E-state index in [0.29, 0.717) is 0 Å². The van der Waals surface area contributed by atoms with Crippen LogP contribution in [-0.2, 0) is 9.59 Å². The predicted molar refractivity (Wildman–Crippen MR) is 57.8 cm³/mol. The first-order valence-electron chi connectivity index (χ1n) is 5.32. The van der Waals surface area contributed by atoms with Crippen molar-refractivity contribution in [2.75, 3.05) is 0 Å². The predicted octanol–water partition coefficient (Wildman–Crippen LogP) is -0.244. The SMILES string of the molecule is O=C1CCC(NC(=O)c2cc(F)ccn2)C(=O)N1. The second-order valence-corrected chi connectivity index (χ2v) is 3.84. The Kier molecular flexibility index (Phi) is 3.31. The number of halogens is 1. The standard InChI is InChI=1S/C11H10FN3O3/c12-6-3-4-13-8(5-6)11(18)14-7-1-2-9(16)15-10(7)17/h3-5,7H,1-2H2,(H,14,18)(H,15,16,17). The molecular weight excluding hydrogens is 241 g/mol. The van der Waals surface area contributed by atoms with E-state index in [1.807, 2.05) is 0 Å². The Bertz CT molecular complexity index is 518. The quantitative estimate of drug-likeness (QED) is 0.710. The average molecular weight is 251 g/mol. The molecule has 0 aliphatic carbocycles. The zero-order chi connectivity index (χ0) is 13.1. The number of pyridine rings is 1. The molecule has 18 heavy (non-hydrogen) atoms. The highest BCUT2D eigenvalue weighted by atomic mass is 19.1. The fourth-order valence-electron chi connectivity index (χ4n) is 1.59. The Morgan fingerprint density at radius 1 is 1.50 bits per heavy atom. The highest BCUT2D eigenvalue weighted by molar-refractivity contribution is 6.03. The number of carbonyl (C=O) groups is 3. The molecule has 6 nitrogen and oxygen atoms in total. The molecule has 2 N–H and O–H groups in total. The van der Waals surface area contributed by atoms with Gasteiger partial charge in [0, 0.05) is 18.7 Å². The monoisotopic (exact) mass is 251 g/mol. The number of nitrogens with zero attached hydrogens (tertiary/aromatic N) is 1. The maximum absolute atomic E-state index is 12.9. The van der Waals surface area contributed by atoms with Gasteiger partial charge in [0.2, 0.25) is 11.8 Å². The summed E-state index contributed by atoms with van der Waals surface area (Å²) < 4.78 is 12.9. The van der Waals surface area contributed by atoms with Crippen molar-refractivity contribution in [3.05, 3.63) is 29.8 Å². The molecule has 2 rings (SSSR count). The molecule has 0 radical (unpaired) electrons. The molecular formula is C11H10FN3O3. The van der Waals surface area contributed by atoms with Crippen LogP contribution in [0.15, 0.2) is 18.3 Å². The summed E-state index contributed by atoms with van der Waals surface area (Å²) in [5.41, 5.74) is -0.111. The molecule has 1 atom stereocenters. The van der Waals surface area contributed by atoms with Crippen LogP contribution in [0.1, 0.15) is 23.3 Å². The van der Waals surface area contributed by atoms with Crippen molar-refractivity contribution in [3.8, 4) is 0 Å². The zero-order valence-electron chi connectivity index (χ0n) is 9.27. The van der Waals surface area contributed by atoms with E-state index in [1.165, 1.54) is 0 Å². The van der Waals surface area contributed by atoms with Crippen LogP contribution in [0.3, 0.4) is 0 Å². The fourth-order valence-corrected chi connectivity index (χ4v) is 1.59. The number of carbonyl (C=O) groups excluding carboxylic acids is 3. The van der Waals surface area contributed by atoms with Gasteiger partial charge in [-0.25, -0.2) is 4.39 Å². The van der Waals surface area contributed by atoms with Gasteiger partial charge in [0.25, 0.3) is 5.91 Å². The molecule has 0 saturated carbocycles. The summed E-state index contributed by atoms with van der Waals surface area (Å²) in [5, 5.41) is 4.51. The molecule has 2 heterocycles. The summed E-state index contributed by atoms with van der Waals surface area (Å²) in [6, 6.07) is 1.30. The van der Waals surface area contributed by atoms with Crippen molar-refractivity contribution in [2.45, 2.75) is 18.9 Å². The lowest BCUT2D eigenvalue weighted by molar-refractivity contribution is -0.134. The number of aromatic nitrogens is 1. The van der Waals surface area contributed by atoms with Crippen molar-refractivity contribution in [3.63, 3.8) is 0 Å². The average Bonchev–Trinajstić information content (AvgIpc) is 2.32. The normalized spacial score (nSPS) is 19.3. The molecule has 1 unspecified atom stereocenters. The van der Waals surface area contributed by atoms with Crippen LogP contribution in [0, 0.1) is 5.82 Å². The summed E-state index contributed by atoms with van der Waals surface area (Å²) in [4.78, 5) is 37.7. The van der Waals surface area contributed by atoms with E-state index < -0.39 is 23.7 Å². The summed E-state index contributed by atoms with van der Waals surface area (Å²) in [6.45, 7) is 0. The maximum atomic E-state index is 12.9. The van der Waals surface area contributed by atoms with Crippen LogP contribution >= 0.6 is 0 Å². The maximum Gasteiger partial charge on any atom is 0.270 e. The Labute approximate surface area is 102 Å². The van der Waals surface area contributed by atoms with Gasteiger partial charge in [0.1, 0.15) is 17.6 Å². The Balaban J connectivity index is 2.03. The van der Waals surface area contributed by atoms with Gasteiger partial charge in [0.15, 0.2) is 0 Å². The van der Waals surface area contributed by atoms with Gasteiger partial charge in [0.05, 0.1) is 0 Å². The van der Waals surface area contributed by atoms with Gasteiger partial charge in [-0.3, -0.25) is 24.7 Å². The molecule has 0 bridgehead atoms. The second kappa shape index (κ2) is 4.91.